The average molecular weight is 485 g/mol. The van der Waals surface area contributed by atoms with E-state index in [1.54, 1.807) is 0 Å². The molecule has 2 aromatic rings. The number of nitrogens with zero attached hydrogens (tertiary/aromatic N) is 1. The summed E-state index contributed by atoms with van der Waals surface area (Å²) in [5.41, 5.74) is 2.45. The van der Waals surface area contributed by atoms with Crippen LogP contribution in [-0.2, 0) is 14.4 Å². The quantitative estimate of drug-likeness (QED) is 0.637. The van der Waals surface area contributed by atoms with Gasteiger partial charge < -0.3 is 15.3 Å². The second kappa shape index (κ2) is 8.73. The van der Waals surface area contributed by atoms with Crippen molar-refractivity contribution in [2.24, 2.45) is 17.3 Å². The van der Waals surface area contributed by atoms with Gasteiger partial charge in [0.1, 0.15) is 6.04 Å². The zero-order valence-electron chi connectivity index (χ0n) is 20.5. The van der Waals surface area contributed by atoms with E-state index in [0.717, 1.165) is 17.2 Å². The first kappa shape index (κ1) is 24.8. The highest BCUT2D eigenvalue weighted by Crippen LogP contribution is 2.64. The lowest BCUT2D eigenvalue weighted by Crippen LogP contribution is -2.50. The molecule has 2 aromatic carbocycles. The Morgan fingerprint density at radius 3 is 2.37 bits per heavy atom. The highest BCUT2D eigenvalue weighted by Gasteiger charge is 2.69. The van der Waals surface area contributed by atoms with Crippen LogP contribution in [0.1, 0.15) is 49.9 Å². The molecule has 0 radical (unpaired) electrons. The van der Waals surface area contributed by atoms with E-state index >= 15 is 4.39 Å². The van der Waals surface area contributed by atoms with Gasteiger partial charge in [0.05, 0.1) is 12.5 Å². The van der Waals surface area contributed by atoms with Crippen LogP contribution in [0.5, 0.6) is 0 Å². The molecular formula is C27H30F2N2O4. The molecule has 1 unspecified atom stereocenters. The zero-order chi connectivity index (χ0) is 25.8. The smallest absolute Gasteiger partial charge is 0.305 e. The first-order valence-corrected chi connectivity index (χ1v) is 11.7. The second-order valence-corrected chi connectivity index (χ2v) is 10.4. The molecule has 2 N–H and O–H groups in total. The number of amides is 2. The molecular weight excluding hydrogens is 454 g/mol. The molecule has 4 atom stereocenters. The minimum atomic E-state index is -1.31. The van der Waals surface area contributed by atoms with Crippen LogP contribution in [0.4, 0.5) is 8.78 Å². The maximum atomic E-state index is 15.1. The van der Waals surface area contributed by atoms with Crippen LogP contribution in [0.2, 0.25) is 0 Å². The van der Waals surface area contributed by atoms with Gasteiger partial charge in [-0.25, -0.2) is 8.78 Å². The van der Waals surface area contributed by atoms with Gasteiger partial charge in [-0.3, -0.25) is 14.4 Å². The SMILES string of the molecule is CC(=O)N1CC2[C@@H]([C@H]1C(=O)N[C@@H](CC(=O)O)c1cc(-c3c(C)cccc3C)cc(F)c1F)C2(C)C. The normalized spacial score (nSPS) is 22.9. The fourth-order valence-electron chi connectivity index (χ4n) is 5.86. The van der Waals surface area contributed by atoms with E-state index in [4.69, 9.17) is 0 Å². The number of aryl methyl sites for hydroxylation is 2. The third-order valence-corrected chi connectivity index (χ3v) is 7.78. The minimum Gasteiger partial charge on any atom is -0.481 e. The molecule has 186 valence electrons. The Labute approximate surface area is 203 Å². The minimum absolute atomic E-state index is 0.0700. The number of fused-ring (bicyclic) bond motifs is 1. The lowest BCUT2D eigenvalue weighted by molar-refractivity contribution is -0.140. The maximum absolute atomic E-state index is 15.1. The first-order chi connectivity index (χ1) is 16.3. The summed E-state index contributed by atoms with van der Waals surface area (Å²) in [5, 5.41) is 12.2. The number of benzene rings is 2. The molecule has 1 saturated carbocycles. The van der Waals surface area contributed by atoms with Crippen LogP contribution in [0.15, 0.2) is 30.3 Å². The number of hydrogen-bond donors (Lipinski definition) is 2. The lowest BCUT2D eigenvalue weighted by Gasteiger charge is -2.30. The van der Waals surface area contributed by atoms with Crippen molar-refractivity contribution >= 4 is 17.8 Å². The van der Waals surface area contributed by atoms with Crippen LogP contribution in [-0.4, -0.2) is 40.4 Å². The predicted octanol–water partition coefficient (Wildman–Crippen LogP) is 4.38. The number of carbonyl (C=O) groups is 3. The van der Waals surface area contributed by atoms with Gasteiger partial charge in [0, 0.05) is 19.0 Å². The van der Waals surface area contributed by atoms with Crippen LogP contribution < -0.4 is 5.32 Å². The summed E-state index contributed by atoms with van der Waals surface area (Å²) >= 11 is 0. The van der Waals surface area contributed by atoms with Gasteiger partial charge in [0.15, 0.2) is 11.6 Å². The molecule has 4 rings (SSSR count). The summed E-state index contributed by atoms with van der Waals surface area (Å²) in [5.74, 6) is -4.31. The third kappa shape index (κ3) is 4.30. The fourth-order valence-corrected chi connectivity index (χ4v) is 5.86. The number of aliphatic carboxylic acids is 1. The Balaban J connectivity index is 1.73. The van der Waals surface area contributed by atoms with Gasteiger partial charge in [-0.2, -0.15) is 0 Å². The molecule has 2 fully saturated rings. The topological polar surface area (TPSA) is 86.7 Å². The molecule has 1 aliphatic heterocycles. The first-order valence-electron chi connectivity index (χ1n) is 11.7. The number of carboxylic acids is 1. The van der Waals surface area contributed by atoms with E-state index in [0.29, 0.717) is 17.7 Å². The van der Waals surface area contributed by atoms with Gasteiger partial charge in [-0.05, 0) is 65.5 Å². The predicted molar refractivity (Wildman–Crippen MR) is 126 cm³/mol. The number of halogens is 2. The molecule has 6 nitrogen and oxygen atoms in total. The van der Waals surface area contributed by atoms with E-state index in [-0.39, 0.29) is 28.7 Å². The van der Waals surface area contributed by atoms with Crippen molar-refractivity contribution in [3.8, 4) is 11.1 Å². The Bertz CT molecular complexity index is 1210. The third-order valence-electron chi connectivity index (χ3n) is 7.78. The summed E-state index contributed by atoms with van der Waals surface area (Å²) in [6.45, 7) is 9.58. The number of rotatable bonds is 6. The number of carboxylic acid groups (broad SMARTS) is 1. The van der Waals surface area contributed by atoms with Crippen molar-refractivity contribution < 1.29 is 28.3 Å². The van der Waals surface area contributed by atoms with Gasteiger partial charge in [0.2, 0.25) is 11.8 Å². The molecule has 0 spiro atoms. The monoisotopic (exact) mass is 484 g/mol. The van der Waals surface area contributed by atoms with E-state index in [9.17, 15) is 23.9 Å². The molecule has 0 bridgehead atoms. The van der Waals surface area contributed by atoms with Crippen molar-refractivity contribution in [1.29, 1.82) is 0 Å². The van der Waals surface area contributed by atoms with Crippen LogP contribution in [0.3, 0.4) is 0 Å². The maximum Gasteiger partial charge on any atom is 0.305 e. The summed E-state index contributed by atoms with van der Waals surface area (Å²) < 4.78 is 29.8. The van der Waals surface area contributed by atoms with Gasteiger partial charge in [0.25, 0.3) is 0 Å². The van der Waals surface area contributed by atoms with Crippen LogP contribution in [0.25, 0.3) is 11.1 Å². The number of piperidine rings is 1. The standard InChI is InChI=1S/C27H30F2N2O4/c1-13-7-6-8-14(2)22(13)16-9-17(24(29)19(28)10-16)20(11-21(33)34)30-26(35)25-23-18(27(23,4)5)12-31(25)15(3)32/h6-10,18,20,23,25H,11-12H2,1-5H3,(H,30,35)(H,33,34)/t18?,20-,23-,25-/m0/s1. The molecule has 1 aliphatic carbocycles. The van der Waals surface area contributed by atoms with Crippen molar-refractivity contribution in [3.05, 3.63) is 58.7 Å². The van der Waals surface area contributed by atoms with Crippen molar-refractivity contribution in [1.82, 2.24) is 10.2 Å². The van der Waals surface area contributed by atoms with Crippen molar-refractivity contribution in [3.63, 3.8) is 0 Å². The molecule has 2 aliphatic rings. The van der Waals surface area contributed by atoms with E-state index in [2.05, 4.69) is 5.32 Å². The number of likely N-dealkylation sites (tertiary alicyclic amines) is 1. The average Bonchev–Trinajstić information content (AvgIpc) is 3.08. The second-order valence-electron chi connectivity index (χ2n) is 10.4. The zero-order valence-corrected chi connectivity index (χ0v) is 20.5. The van der Waals surface area contributed by atoms with Crippen LogP contribution in [0, 0.1) is 42.7 Å². The Kier molecular flexibility index (Phi) is 6.19. The number of nitrogens with one attached hydrogen (secondary N) is 1. The Morgan fingerprint density at radius 2 is 1.80 bits per heavy atom. The largest absolute Gasteiger partial charge is 0.481 e. The molecule has 0 aromatic heterocycles. The fraction of sp³-hybridized carbons (Fsp3) is 0.444. The molecule has 2 amide bonds. The summed E-state index contributed by atoms with van der Waals surface area (Å²) in [6, 6.07) is 5.96. The summed E-state index contributed by atoms with van der Waals surface area (Å²) in [6.07, 6.45) is -0.636. The van der Waals surface area contributed by atoms with Gasteiger partial charge in [-0.1, -0.05) is 32.0 Å². The van der Waals surface area contributed by atoms with Crippen LogP contribution >= 0.6 is 0 Å². The molecule has 35 heavy (non-hydrogen) atoms. The molecule has 1 heterocycles. The molecule has 1 saturated heterocycles. The Hall–Kier alpha value is -3.29. The van der Waals surface area contributed by atoms with Gasteiger partial charge in [-0.15, -0.1) is 0 Å². The van der Waals surface area contributed by atoms with E-state index in [1.807, 2.05) is 45.9 Å². The highest BCUT2D eigenvalue weighted by molar-refractivity contribution is 5.89. The number of carbonyl (C=O) groups excluding carboxylic acids is 2. The summed E-state index contributed by atoms with van der Waals surface area (Å²) in [4.78, 5) is 38.7. The Morgan fingerprint density at radius 1 is 1.17 bits per heavy atom. The van der Waals surface area contributed by atoms with E-state index in [1.165, 1.54) is 17.9 Å². The lowest BCUT2D eigenvalue weighted by atomic mass is 9.92. The van der Waals surface area contributed by atoms with Crippen molar-refractivity contribution in [2.75, 3.05) is 6.54 Å². The number of hydrogen-bond acceptors (Lipinski definition) is 3. The summed E-state index contributed by atoms with van der Waals surface area (Å²) in [7, 11) is 0. The van der Waals surface area contributed by atoms with Gasteiger partial charge >= 0.3 is 5.97 Å². The van der Waals surface area contributed by atoms with Crippen molar-refractivity contribution in [2.45, 2.75) is 53.1 Å². The molecule has 8 heteroatoms. The highest BCUT2D eigenvalue weighted by atomic mass is 19.2. The van der Waals surface area contributed by atoms with E-state index < -0.39 is 42.0 Å².